The van der Waals surface area contributed by atoms with Crippen LogP contribution in [-0.2, 0) is 14.3 Å². The number of ether oxygens (including phenoxy) is 1. The molecular formula is C11H19NO3. The Balaban J connectivity index is 2.94. The molecule has 1 saturated heterocycles. The molecule has 3 atom stereocenters. The van der Waals surface area contributed by atoms with E-state index < -0.39 is 5.72 Å². The molecule has 86 valence electrons. The summed E-state index contributed by atoms with van der Waals surface area (Å²) in [4.78, 5) is 23.9. The van der Waals surface area contributed by atoms with Gasteiger partial charge in [0, 0.05) is 12.8 Å². The molecule has 1 fully saturated rings. The van der Waals surface area contributed by atoms with Gasteiger partial charge in [0.1, 0.15) is 12.0 Å². The number of carbonyl (C=O) groups excluding carboxylic acids is 2. The normalized spacial score (nSPS) is 31.4. The molecule has 1 heterocycles. The van der Waals surface area contributed by atoms with Gasteiger partial charge in [0.15, 0.2) is 0 Å². The van der Waals surface area contributed by atoms with Gasteiger partial charge in [-0.1, -0.05) is 6.92 Å². The van der Waals surface area contributed by atoms with Gasteiger partial charge in [0.2, 0.25) is 5.91 Å². The van der Waals surface area contributed by atoms with Crippen LogP contribution in [0, 0.1) is 5.92 Å². The summed E-state index contributed by atoms with van der Waals surface area (Å²) < 4.78 is 5.76. The summed E-state index contributed by atoms with van der Waals surface area (Å²) in [5, 5.41) is 0. The Morgan fingerprint density at radius 1 is 1.53 bits per heavy atom. The minimum absolute atomic E-state index is 0.0203. The van der Waals surface area contributed by atoms with Gasteiger partial charge in [-0.2, -0.15) is 0 Å². The Morgan fingerprint density at radius 3 is 2.40 bits per heavy atom. The Morgan fingerprint density at radius 2 is 2.07 bits per heavy atom. The predicted octanol–water partition coefficient (Wildman–Crippen LogP) is 1.19. The predicted molar refractivity (Wildman–Crippen MR) is 56.2 cm³/mol. The van der Waals surface area contributed by atoms with E-state index in [1.54, 1.807) is 4.90 Å². The lowest BCUT2D eigenvalue weighted by Gasteiger charge is -2.31. The molecule has 0 unspecified atom stereocenters. The van der Waals surface area contributed by atoms with Crippen molar-refractivity contribution in [3.05, 3.63) is 0 Å². The maximum absolute atomic E-state index is 11.5. The van der Waals surface area contributed by atoms with Crippen LogP contribution in [0.5, 0.6) is 0 Å². The fourth-order valence-electron chi connectivity index (χ4n) is 2.42. The molecule has 0 aromatic carbocycles. The van der Waals surface area contributed by atoms with Crippen molar-refractivity contribution in [1.82, 2.24) is 4.90 Å². The van der Waals surface area contributed by atoms with Crippen molar-refractivity contribution >= 4 is 12.2 Å². The highest BCUT2D eigenvalue weighted by Gasteiger charge is 2.48. The number of rotatable bonds is 2. The lowest BCUT2D eigenvalue weighted by atomic mass is 10.0. The van der Waals surface area contributed by atoms with Gasteiger partial charge in [-0.05, 0) is 20.8 Å². The van der Waals surface area contributed by atoms with Crippen LogP contribution in [0.1, 0.15) is 34.6 Å². The van der Waals surface area contributed by atoms with E-state index in [2.05, 4.69) is 0 Å². The number of hydrogen-bond donors (Lipinski definition) is 0. The number of carbonyl (C=O) groups is 2. The zero-order valence-electron chi connectivity index (χ0n) is 9.98. The van der Waals surface area contributed by atoms with Gasteiger partial charge in [-0.15, -0.1) is 0 Å². The van der Waals surface area contributed by atoms with E-state index in [1.807, 2.05) is 27.7 Å². The molecule has 0 aromatic heterocycles. The summed E-state index contributed by atoms with van der Waals surface area (Å²) in [7, 11) is 0. The van der Waals surface area contributed by atoms with Gasteiger partial charge in [-0.25, -0.2) is 0 Å². The van der Waals surface area contributed by atoms with Gasteiger partial charge in [-0.3, -0.25) is 4.79 Å². The Kier molecular flexibility index (Phi) is 3.19. The van der Waals surface area contributed by atoms with Crippen molar-refractivity contribution in [2.45, 2.75) is 52.5 Å². The molecule has 4 nitrogen and oxygen atoms in total. The maximum Gasteiger partial charge on any atom is 0.222 e. The highest BCUT2D eigenvalue weighted by atomic mass is 16.5. The van der Waals surface area contributed by atoms with Crippen molar-refractivity contribution in [3.8, 4) is 0 Å². The van der Waals surface area contributed by atoms with E-state index in [0.29, 0.717) is 0 Å². The van der Waals surface area contributed by atoms with E-state index in [0.717, 1.165) is 6.29 Å². The Labute approximate surface area is 90.6 Å². The van der Waals surface area contributed by atoms with Gasteiger partial charge >= 0.3 is 0 Å². The molecule has 0 radical (unpaired) electrons. The number of aldehydes is 1. The summed E-state index contributed by atoms with van der Waals surface area (Å²) in [6.07, 6.45) is 0.669. The molecule has 1 aliphatic rings. The van der Waals surface area contributed by atoms with Crippen LogP contribution in [0.4, 0.5) is 0 Å². The second kappa shape index (κ2) is 3.93. The fourth-order valence-corrected chi connectivity index (χ4v) is 2.42. The first-order valence-corrected chi connectivity index (χ1v) is 5.24. The number of amides is 1. The molecule has 15 heavy (non-hydrogen) atoms. The fraction of sp³-hybridized carbons (Fsp3) is 0.818. The van der Waals surface area contributed by atoms with Gasteiger partial charge in [0.25, 0.3) is 0 Å². The van der Waals surface area contributed by atoms with Gasteiger partial charge in [0.05, 0.1) is 12.1 Å². The van der Waals surface area contributed by atoms with Crippen LogP contribution in [-0.4, -0.2) is 35.0 Å². The van der Waals surface area contributed by atoms with E-state index in [1.165, 1.54) is 6.92 Å². The SMILES string of the molecule is CC(=O)N1[C@H](C)[C@H]([C@@H](C)C=O)OC1(C)C. The number of nitrogens with zero attached hydrogens (tertiary/aromatic N) is 1. The molecule has 1 rings (SSSR count). The lowest BCUT2D eigenvalue weighted by molar-refractivity contribution is -0.145. The van der Waals surface area contributed by atoms with Crippen molar-refractivity contribution < 1.29 is 14.3 Å². The van der Waals surface area contributed by atoms with Crippen LogP contribution >= 0.6 is 0 Å². The van der Waals surface area contributed by atoms with Crippen molar-refractivity contribution in [2.75, 3.05) is 0 Å². The summed E-state index contributed by atoms with van der Waals surface area (Å²) in [6.45, 7) is 8.95. The van der Waals surface area contributed by atoms with E-state index in [9.17, 15) is 9.59 Å². The molecule has 0 aliphatic carbocycles. The zero-order valence-corrected chi connectivity index (χ0v) is 9.98. The Bertz CT molecular complexity index is 275. The monoisotopic (exact) mass is 213 g/mol. The van der Waals surface area contributed by atoms with E-state index in [4.69, 9.17) is 4.74 Å². The second-order valence-corrected chi connectivity index (χ2v) is 4.65. The minimum atomic E-state index is -0.618. The molecule has 0 aromatic rings. The third-order valence-corrected chi connectivity index (χ3v) is 2.96. The summed E-state index contributed by atoms with van der Waals surface area (Å²) in [5.41, 5.74) is -0.618. The van der Waals surface area contributed by atoms with Crippen molar-refractivity contribution in [1.29, 1.82) is 0 Å². The van der Waals surface area contributed by atoms with Crippen LogP contribution in [0.25, 0.3) is 0 Å². The van der Waals surface area contributed by atoms with Crippen molar-refractivity contribution in [3.63, 3.8) is 0 Å². The molecule has 0 bridgehead atoms. The lowest BCUT2D eigenvalue weighted by Crippen LogP contribution is -2.46. The quantitative estimate of drug-likeness (QED) is 0.647. The zero-order chi connectivity index (χ0) is 11.8. The van der Waals surface area contributed by atoms with Crippen LogP contribution in [0.3, 0.4) is 0 Å². The van der Waals surface area contributed by atoms with Gasteiger partial charge < -0.3 is 14.4 Å². The minimum Gasteiger partial charge on any atom is -0.350 e. The number of hydrogen-bond acceptors (Lipinski definition) is 3. The highest BCUT2D eigenvalue weighted by molar-refractivity contribution is 5.74. The molecule has 4 heteroatoms. The van der Waals surface area contributed by atoms with Crippen LogP contribution in [0.15, 0.2) is 0 Å². The maximum atomic E-state index is 11.5. The average molecular weight is 213 g/mol. The first kappa shape index (κ1) is 12.2. The first-order valence-electron chi connectivity index (χ1n) is 5.24. The van der Waals surface area contributed by atoms with Crippen LogP contribution < -0.4 is 0 Å². The average Bonchev–Trinajstić information content (AvgIpc) is 2.35. The molecule has 1 aliphatic heterocycles. The molecule has 0 saturated carbocycles. The summed E-state index contributed by atoms with van der Waals surface area (Å²) >= 11 is 0. The molecule has 0 spiro atoms. The van der Waals surface area contributed by atoms with Crippen molar-refractivity contribution in [2.24, 2.45) is 5.92 Å². The molecule has 0 N–H and O–H groups in total. The first-order chi connectivity index (χ1) is 6.81. The standard InChI is InChI=1S/C11H19NO3/c1-7(6-13)10-8(2)12(9(3)14)11(4,5)15-10/h6-8,10H,1-5H3/t7-,8+,10-/m0/s1. The van der Waals surface area contributed by atoms with E-state index in [-0.39, 0.29) is 24.0 Å². The smallest absolute Gasteiger partial charge is 0.222 e. The largest absolute Gasteiger partial charge is 0.350 e. The molecular weight excluding hydrogens is 194 g/mol. The summed E-state index contributed by atoms with van der Waals surface area (Å²) in [6, 6.07) is -0.0577. The highest BCUT2D eigenvalue weighted by Crippen LogP contribution is 2.34. The topological polar surface area (TPSA) is 46.6 Å². The summed E-state index contributed by atoms with van der Waals surface area (Å²) in [5.74, 6) is -0.211. The van der Waals surface area contributed by atoms with Crippen LogP contribution in [0.2, 0.25) is 0 Å². The molecule has 1 amide bonds. The second-order valence-electron chi connectivity index (χ2n) is 4.65. The van der Waals surface area contributed by atoms with E-state index >= 15 is 0 Å². The third kappa shape index (κ3) is 2.04. The third-order valence-electron chi connectivity index (χ3n) is 2.96. The Hall–Kier alpha value is -0.900.